The molecule has 0 amide bonds. The van der Waals surface area contributed by atoms with E-state index in [0.717, 1.165) is 5.56 Å². The van der Waals surface area contributed by atoms with Crippen LogP contribution in [0.15, 0.2) is 42.5 Å². The summed E-state index contributed by atoms with van der Waals surface area (Å²) in [6, 6.07) is 9.74. The van der Waals surface area contributed by atoms with Crippen molar-refractivity contribution in [2.75, 3.05) is 0 Å². The van der Waals surface area contributed by atoms with E-state index < -0.39 is 6.29 Å². The number of esters is 1. The van der Waals surface area contributed by atoms with Gasteiger partial charge in [-0.2, -0.15) is 0 Å². The predicted molar refractivity (Wildman–Crippen MR) is 50.3 cm³/mol. The third-order valence-electron chi connectivity index (χ3n) is 1.88. The number of cyclic esters (lactones) is 1. The largest absolute Gasteiger partial charge is 0.429 e. The number of hydrogen-bond acceptors (Lipinski definition) is 3. The van der Waals surface area contributed by atoms with Crippen LogP contribution >= 0.6 is 0 Å². The van der Waals surface area contributed by atoms with Gasteiger partial charge in [0.1, 0.15) is 0 Å². The molecule has 0 N–H and O–H groups in total. The molecule has 1 unspecified atom stereocenters. The SMILES string of the molecule is O=C1C=CC(OCc2ccccc2)O1. The van der Waals surface area contributed by atoms with Crippen molar-refractivity contribution in [3.63, 3.8) is 0 Å². The minimum atomic E-state index is -0.525. The fourth-order valence-electron chi connectivity index (χ4n) is 1.19. The van der Waals surface area contributed by atoms with Crippen molar-refractivity contribution in [3.8, 4) is 0 Å². The van der Waals surface area contributed by atoms with Gasteiger partial charge in [-0.25, -0.2) is 4.79 Å². The highest BCUT2D eigenvalue weighted by atomic mass is 16.7. The average molecular weight is 190 g/mol. The van der Waals surface area contributed by atoms with E-state index in [9.17, 15) is 4.79 Å². The van der Waals surface area contributed by atoms with Crippen LogP contribution in [0.1, 0.15) is 5.56 Å². The predicted octanol–water partition coefficient (Wildman–Crippen LogP) is 1.64. The van der Waals surface area contributed by atoms with E-state index in [2.05, 4.69) is 0 Å². The van der Waals surface area contributed by atoms with Gasteiger partial charge < -0.3 is 9.47 Å². The van der Waals surface area contributed by atoms with Crippen LogP contribution in [0.3, 0.4) is 0 Å². The fraction of sp³-hybridized carbons (Fsp3) is 0.182. The van der Waals surface area contributed by atoms with Crippen molar-refractivity contribution in [3.05, 3.63) is 48.0 Å². The first-order valence-electron chi connectivity index (χ1n) is 4.39. The van der Waals surface area contributed by atoms with Gasteiger partial charge in [-0.15, -0.1) is 0 Å². The van der Waals surface area contributed by atoms with Crippen LogP contribution in [0, 0.1) is 0 Å². The smallest absolute Gasteiger partial charge is 0.333 e. The van der Waals surface area contributed by atoms with Crippen LogP contribution in [-0.4, -0.2) is 12.3 Å². The lowest BCUT2D eigenvalue weighted by Crippen LogP contribution is -2.11. The van der Waals surface area contributed by atoms with Crippen LogP contribution < -0.4 is 0 Å². The molecule has 1 atom stereocenters. The summed E-state index contributed by atoms with van der Waals surface area (Å²) in [6.45, 7) is 0.448. The molecule has 1 aromatic rings. The molecule has 0 aliphatic carbocycles. The Balaban J connectivity index is 1.84. The maximum absolute atomic E-state index is 10.7. The van der Waals surface area contributed by atoms with Crippen LogP contribution in [-0.2, 0) is 20.9 Å². The first-order valence-corrected chi connectivity index (χ1v) is 4.39. The summed E-state index contributed by atoms with van der Waals surface area (Å²) in [6.07, 6.45) is 2.45. The van der Waals surface area contributed by atoms with Gasteiger partial charge in [0.25, 0.3) is 0 Å². The molecule has 0 saturated carbocycles. The molecule has 72 valence electrons. The molecule has 0 fully saturated rings. The second-order valence-electron chi connectivity index (χ2n) is 2.96. The van der Waals surface area contributed by atoms with Gasteiger partial charge in [0.2, 0.25) is 6.29 Å². The number of carbonyl (C=O) groups is 1. The van der Waals surface area contributed by atoms with E-state index in [1.165, 1.54) is 6.08 Å². The second kappa shape index (κ2) is 4.07. The monoisotopic (exact) mass is 190 g/mol. The molecule has 1 aromatic carbocycles. The van der Waals surface area contributed by atoms with E-state index in [0.29, 0.717) is 6.61 Å². The van der Waals surface area contributed by atoms with Crippen LogP contribution in [0.5, 0.6) is 0 Å². The molecule has 1 aliphatic rings. The molecule has 2 rings (SSSR count). The zero-order valence-electron chi connectivity index (χ0n) is 7.55. The highest BCUT2D eigenvalue weighted by molar-refractivity contribution is 5.84. The zero-order valence-corrected chi connectivity index (χ0v) is 7.55. The Morgan fingerprint density at radius 2 is 2.07 bits per heavy atom. The minimum Gasteiger partial charge on any atom is -0.429 e. The van der Waals surface area contributed by atoms with E-state index in [1.54, 1.807) is 6.08 Å². The van der Waals surface area contributed by atoms with Gasteiger partial charge in [-0.1, -0.05) is 30.3 Å². The molecule has 1 heterocycles. The Kier molecular flexibility index (Phi) is 2.60. The van der Waals surface area contributed by atoms with Gasteiger partial charge in [-0.05, 0) is 11.6 Å². The lowest BCUT2D eigenvalue weighted by atomic mass is 10.2. The second-order valence-corrected chi connectivity index (χ2v) is 2.96. The highest BCUT2D eigenvalue weighted by Gasteiger charge is 2.16. The Hall–Kier alpha value is -1.61. The standard InChI is InChI=1S/C11H10O3/c12-10-6-7-11(14-10)13-8-9-4-2-1-3-5-9/h1-7,11H,8H2. The minimum absolute atomic E-state index is 0.344. The van der Waals surface area contributed by atoms with E-state index in [1.807, 2.05) is 30.3 Å². The van der Waals surface area contributed by atoms with Gasteiger partial charge in [-0.3, -0.25) is 0 Å². The summed E-state index contributed by atoms with van der Waals surface area (Å²) in [5.74, 6) is -0.344. The highest BCUT2D eigenvalue weighted by Crippen LogP contribution is 2.09. The van der Waals surface area contributed by atoms with Crippen LogP contribution in [0.4, 0.5) is 0 Å². The van der Waals surface area contributed by atoms with E-state index >= 15 is 0 Å². The lowest BCUT2D eigenvalue weighted by Gasteiger charge is -2.09. The Labute approximate surface area is 81.9 Å². The van der Waals surface area contributed by atoms with E-state index in [4.69, 9.17) is 9.47 Å². The third-order valence-corrected chi connectivity index (χ3v) is 1.88. The molecule has 14 heavy (non-hydrogen) atoms. The summed E-state index contributed by atoms with van der Waals surface area (Å²) in [4.78, 5) is 10.7. The molecule has 3 nitrogen and oxygen atoms in total. The molecule has 0 aromatic heterocycles. The first kappa shape index (κ1) is 8.97. The Morgan fingerprint density at radius 3 is 2.71 bits per heavy atom. The van der Waals surface area contributed by atoms with Gasteiger partial charge in [0, 0.05) is 6.08 Å². The van der Waals surface area contributed by atoms with Crippen molar-refractivity contribution in [1.29, 1.82) is 0 Å². The molecular weight excluding hydrogens is 180 g/mol. The number of hydrogen-bond donors (Lipinski definition) is 0. The topological polar surface area (TPSA) is 35.5 Å². The molecule has 0 spiro atoms. The van der Waals surface area contributed by atoms with Crippen LogP contribution in [0.25, 0.3) is 0 Å². The summed E-state index contributed by atoms with van der Waals surface area (Å²) < 4.78 is 10.1. The molecule has 0 saturated heterocycles. The first-order chi connectivity index (χ1) is 6.84. The normalized spacial score (nSPS) is 19.7. The summed E-state index contributed by atoms with van der Waals surface area (Å²) in [5.41, 5.74) is 1.06. The van der Waals surface area contributed by atoms with Crippen molar-refractivity contribution in [2.24, 2.45) is 0 Å². The molecular formula is C11H10O3. The molecule has 0 radical (unpaired) electrons. The van der Waals surface area contributed by atoms with Gasteiger partial charge in [0.15, 0.2) is 0 Å². The Morgan fingerprint density at radius 1 is 1.29 bits per heavy atom. The summed E-state index contributed by atoms with van der Waals surface area (Å²) >= 11 is 0. The zero-order chi connectivity index (χ0) is 9.80. The lowest BCUT2D eigenvalue weighted by molar-refractivity contribution is -0.159. The van der Waals surface area contributed by atoms with Crippen molar-refractivity contribution >= 4 is 5.97 Å². The summed E-state index contributed by atoms with van der Waals surface area (Å²) in [7, 11) is 0. The summed E-state index contributed by atoms with van der Waals surface area (Å²) in [5, 5.41) is 0. The van der Waals surface area contributed by atoms with Gasteiger partial charge >= 0.3 is 5.97 Å². The van der Waals surface area contributed by atoms with Crippen molar-refractivity contribution in [1.82, 2.24) is 0 Å². The quantitative estimate of drug-likeness (QED) is 0.680. The molecule has 1 aliphatic heterocycles. The van der Waals surface area contributed by atoms with Gasteiger partial charge in [0.05, 0.1) is 6.61 Å². The number of benzene rings is 1. The van der Waals surface area contributed by atoms with Crippen molar-refractivity contribution in [2.45, 2.75) is 12.9 Å². The molecule has 0 bridgehead atoms. The van der Waals surface area contributed by atoms with Crippen LogP contribution in [0.2, 0.25) is 0 Å². The van der Waals surface area contributed by atoms with Crippen molar-refractivity contribution < 1.29 is 14.3 Å². The molecule has 3 heteroatoms. The maximum Gasteiger partial charge on any atom is 0.333 e. The fourth-order valence-corrected chi connectivity index (χ4v) is 1.19. The number of rotatable bonds is 3. The number of carbonyl (C=O) groups excluding carboxylic acids is 1. The Bertz CT molecular complexity index is 343. The maximum atomic E-state index is 10.7. The van der Waals surface area contributed by atoms with E-state index in [-0.39, 0.29) is 5.97 Å². The third kappa shape index (κ3) is 2.20. The number of ether oxygens (including phenoxy) is 2. The average Bonchev–Trinajstić information content (AvgIpc) is 2.63.